The van der Waals surface area contributed by atoms with Crippen LogP contribution in [0.1, 0.15) is 36.5 Å². The first-order valence-electron chi connectivity index (χ1n) is 11.3. The van der Waals surface area contributed by atoms with Crippen molar-refractivity contribution in [3.63, 3.8) is 0 Å². The molecule has 1 atom stereocenters. The molecule has 3 aromatic rings. The van der Waals surface area contributed by atoms with Gasteiger partial charge in [-0.25, -0.2) is 9.67 Å². The zero-order valence-electron chi connectivity index (χ0n) is 18.5. The number of nitrogens with two attached hydrogens (primary N) is 1. The van der Waals surface area contributed by atoms with Gasteiger partial charge in [-0.1, -0.05) is 30.3 Å². The molecule has 3 N–H and O–H groups in total. The highest BCUT2D eigenvalue weighted by atomic mass is 16.2. The maximum Gasteiger partial charge on any atom is 0.252 e. The van der Waals surface area contributed by atoms with Gasteiger partial charge in [-0.3, -0.25) is 9.59 Å². The number of nitrogens with zero attached hydrogens (tertiary/aromatic N) is 4. The lowest BCUT2D eigenvalue weighted by Gasteiger charge is -2.31. The Morgan fingerprint density at radius 3 is 2.81 bits per heavy atom. The smallest absolute Gasteiger partial charge is 0.252 e. The molecule has 8 heteroatoms. The minimum Gasteiger partial charge on any atom is -0.369 e. The second kappa shape index (κ2) is 9.91. The fourth-order valence-corrected chi connectivity index (χ4v) is 4.31. The third-order valence-electron chi connectivity index (χ3n) is 6.07. The summed E-state index contributed by atoms with van der Waals surface area (Å²) in [5.74, 6) is -0.402. The Balaban J connectivity index is 1.45. The van der Waals surface area contributed by atoms with Crippen LogP contribution in [-0.2, 0) is 11.3 Å². The van der Waals surface area contributed by atoms with E-state index in [0.29, 0.717) is 30.8 Å². The van der Waals surface area contributed by atoms with E-state index < -0.39 is 0 Å². The summed E-state index contributed by atoms with van der Waals surface area (Å²) in [6.45, 7) is 5.76. The summed E-state index contributed by atoms with van der Waals surface area (Å²) in [4.78, 5) is 31.6. The average molecular weight is 435 g/mol. The van der Waals surface area contributed by atoms with Gasteiger partial charge in [-0.2, -0.15) is 5.10 Å². The van der Waals surface area contributed by atoms with E-state index in [1.807, 2.05) is 48.0 Å². The first-order valence-corrected chi connectivity index (χ1v) is 11.3. The summed E-state index contributed by atoms with van der Waals surface area (Å²) in [7, 11) is 0. The molecule has 1 aromatic carbocycles. The van der Waals surface area contributed by atoms with E-state index in [-0.39, 0.29) is 17.7 Å². The number of aryl methyl sites for hydroxylation is 1. The maximum absolute atomic E-state index is 13.1. The molecule has 1 fully saturated rings. The van der Waals surface area contributed by atoms with Crippen LogP contribution < -0.4 is 11.1 Å². The highest BCUT2D eigenvalue weighted by Crippen LogP contribution is 2.25. The van der Waals surface area contributed by atoms with Crippen molar-refractivity contribution in [1.29, 1.82) is 0 Å². The summed E-state index contributed by atoms with van der Waals surface area (Å²) in [5.41, 5.74) is 8.48. The predicted molar refractivity (Wildman–Crippen MR) is 124 cm³/mol. The lowest BCUT2D eigenvalue weighted by Crippen LogP contribution is -2.42. The van der Waals surface area contributed by atoms with Crippen molar-refractivity contribution in [2.75, 3.05) is 26.2 Å². The molecule has 0 bridgehead atoms. The fraction of sp³-hybridized carbons (Fsp3) is 0.417. The van der Waals surface area contributed by atoms with Crippen molar-refractivity contribution in [1.82, 2.24) is 25.0 Å². The average Bonchev–Trinajstić information content (AvgIpc) is 3.25. The SMILES string of the molecule is CCn1ncc2c(C(=O)NCCCN3CCCC(C(N)=O)C3)cc(-c3ccccc3)nc21. The van der Waals surface area contributed by atoms with E-state index in [9.17, 15) is 9.59 Å². The van der Waals surface area contributed by atoms with Crippen molar-refractivity contribution in [2.24, 2.45) is 11.7 Å². The Labute approximate surface area is 187 Å². The largest absolute Gasteiger partial charge is 0.369 e. The number of hydrogen-bond donors (Lipinski definition) is 2. The number of fused-ring (bicyclic) bond motifs is 1. The highest BCUT2D eigenvalue weighted by Gasteiger charge is 2.23. The number of amides is 2. The van der Waals surface area contributed by atoms with Crippen molar-refractivity contribution >= 4 is 22.8 Å². The van der Waals surface area contributed by atoms with Gasteiger partial charge in [0.25, 0.3) is 5.91 Å². The van der Waals surface area contributed by atoms with Gasteiger partial charge in [-0.05, 0) is 45.3 Å². The Morgan fingerprint density at radius 1 is 1.25 bits per heavy atom. The summed E-state index contributed by atoms with van der Waals surface area (Å²) >= 11 is 0. The molecule has 1 unspecified atom stereocenters. The summed E-state index contributed by atoms with van der Waals surface area (Å²) in [6.07, 6.45) is 4.38. The molecule has 0 saturated carbocycles. The number of carbonyl (C=O) groups is 2. The number of carbonyl (C=O) groups excluding carboxylic acids is 2. The molecule has 8 nitrogen and oxygen atoms in total. The topological polar surface area (TPSA) is 106 Å². The zero-order chi connectivity index (χ0) is 22.5. The Kier molecular flexibility index (Phi) is 6.80. The predicted octanol–water partition coefficient (Wildman–Crippen LogP) is 2.44. The summed E-state index contributed by atoms with van der Waals surface area (Å²) < 4.78 is 1.81. The second-order valence-corrected chi connectivity index (χ2v) is 8.27. The Hall–Kier alpha value is -3.26. The fourth-order valence-electron chi connectivity index (χ4n) is 4.31. The summed E-state index contributed by atoms with van der Waals surface area (Å²) in [5, 5.41) is 8.20. The minimum absolute atomic E-state index is 0.0602. The molecule has 32 heavy (non-hydrogen) atoms. The van der Waals surface area contributed by atoms with Gasteiger partial charge in [0.05, 0.1) is 28.8 Å². The number of nitrogens with one attached hydrogen (secondary N) is 1. The van der Waals surface area contributed by atoms with Gasteiger partial charge >= 0.3 is 0 Å². The van der Waals surface area contributed by atoms with Gasteiger partial charge < -0.3 is 16.0 Å². The molecule has 2 aromatic heterocycles. The molecule has 4 rings (SSSR count). The van der Waals surface area contributed by atoms with Gasteiger partial charge in [0.1, 0.15) is 0 Å². The van der Waals surface area contributed by atoms with E-state index in [2.05, 4.69) is 15.3 Å². The van der Waals surface area contributed by atoms with Crippen molar-refractivity contribution < 1.29 is 9.59 Å². The zero-order valence-corrected chi connectivity index (χ0v) is 18.5. The third kappa shape index (κ3) is 4.80. The molecule has 1 aliphatic rings. The molecule has 0 radical (unpaired) electrons. The van der Waals surface area contributed by atoms with Gasteiger partial charge in [0, 0.05) is 25.2 Å². The third-order valence-corrected chi connectivity index (χ3v) is 6.07. The van der Waals surface area contributed by atoms with Crippen LogP contribution in [0.3, 0.4) is 0 Å². The van der Waals surface area contributed by atoms with Gasteiger partial charge in [-0.15, -0.1) is 0 Å². The van der Waals surface area contributed by atoms with Crippen LogP contribution >= 0.6 is 0 Å². The van der Waals surface area contributed by atoms with Crippen LogP contribution in [0.15, 0.2) is 42.6 Å². The van der Waals surface area contributed by atoms with Crippen LogP contribution in [0.5, 0.6) is 0 Å². The van der Waals surface area contributed by atoms with Crippen LogP contribution in [-0.4, -0.2) is 57.7 Å². The Bertz CT molecular complexity index is 1090. The first-order chi connectivity index (χ1) is 15.6. The molecule has 3 heterocycles. The van der Waals surface area contributed by atoms with Crippen molar-refractivity contribution in [3.8, 4) is 11.3 Å². The van der Waals surface area contributed by atoms with E-state index >= 15 is 0 Å². The van der Waals surface area contributed by atoms with E-state index in [0.717, 1.165) is 49.0 Å². The maximum atomic E-state index is 13.1. The monoisotopic (exact) mass is 434 g/mol. The van der Waals surface area contributed by atoms with Crippen molar-refractivity contribution in [2.45, 2.75) is 32.7 Å². The van der Waals surface area contributed by atoms with Crippen molar-refractivity contribution in [3.05, 3.63) is 48.2 Å². The van der Waals surface area contributed by atoms with Crippen LogP contribution in [0.2, 0.25) is 0 Å². The Morgan fingerprint density at radius 2 is 2.06 bits per heavy atom. The second-order valence-electron chi connectivity index (χ2n) is 8.27. The molecule has 168 valence electrons. The number of primary amides is 1. The van der Waals surface area contributed by atoms with Crippen LogP contribution in [0.4, 0.5) is 0 Å². The number of hydrogen-bond acceptors (Lipinski definition) is 5. The number of piperidine rings is 1. The first kappa shape index (κ1) is 22.0. The molecule has 1 aliphatic heterocycles. The molecular weight excluding hydrogens is 404 g/mol. The minimum atomic E-state index is -0.216. The molecular formula is C24H30N6O2. The lowest BCUT2D eigenvalue weighted by molar-refractivity contribution is -0.123. The van der Waals surface area contributed by atoms with Crippen LogP contribution in [0.25, 0.3) is 22.3 Å². The van der Waals surface area contributed by atoms with E-state index in [4.69, 9.17) is 10.7 Å². The normalized spacial score (nSPS) is 16.8. The van der Waals surface area contributed by atoms with Gasteiger partial charge in [0.2, 0.25) is 5.91 Å². The standard InChI is InChI=1S/C24H30N6O2/c1-2-30-23-20(15-27-30)19(14-21(28-23)17-8-4-3-5-9-17)24(32)26-11-7-13-29-12-6-10-18(16-29)22(25)31/h3-5,8-9,14-15,18H,2,6-7,10-13,16H2,1H3,(H2,25,31)(H,26,32). The van der Waals surface area contributed by atoms with E-state index in [1.54, 1.807) is 6.20 Å². The quantitative estimate of drug-likeness (QED) is 0.530. The molecule has 0 spiro atoms. The number of pyridine rings is 1. The van der Waals surface area contributed by atoms with Gasteiger partial charge in [0.15, 0.2) is 5.65 Å². The lowest BCUT2D eigenvalue weighted by atomic mass is 9.97. The number of aromatic nitrogens is 3. The number of rotatable bonds is 8. The number of likely N-dealkylation sites (tertiary alicyclic amines) is 1. The van der Waals surface area contributed by atoms with E-state index in [1.165, 1.54) is 0 Å². The molecule has 2 amide bonds. The molecule has 1 saturated heterocycles. The summed E-state index contributed by atoms with van der Waals surface area (Å²) in [6, 6.07) is 11.7. The molecule has 0 aliphatic carbocycles. The van der Waals surface area contributed by atoms with Crippen LogP contribution in [0, 0.1) is 5.92 Å². The highest BCUT2D eigenvalue weighted by molar-refractivity contribution is 6.06. The number of benzene rings is 1.